The van der Waals surface area contributed by atoms with Crippen molar-refractivity contribution < 1.29 is 14.4 Å². The van der Waals surface area contributed by atoms with Crippen molar-refractivity contribution in [2.24, 2.45) is 5.73 Å². The van der Waals surface area contributed by atoms with Crippen molar-refractivity contribution in [1.29, 1.82) is 0 Å². The zero-order chi connectivity index (χ0) is 11.5. The predicted octanol–water partition coefficient (Wildman–Crippen LogP) is -0.701. The van der Waals surface area contributed by atoms with Gasteiger partial charge in [0.05, 0.1) is 0 Å². The maximum absolute atomic E-state index is 11.0. The largest absolute Gasteiger partial charge is 0.354 e. The third kappa shape index (κ3) is 9.17. The lowest BCUT2D eigenvalue weighted by Gasteiger charge is -2.05. The number of unbranched alkanes of at least 4 members (excludes halogenated alkanes) is 1. The third-order valence-corrected chi connectivity index (χ3v) is 1.61. The Balaban J connectivity index is 3.34. The molecule has 0 aromatic heterocycles. The highest BCUT2D eigenvalue weighted by atomic mass is 16.7. The van der Waals surface area contributed by atoms with E-state index in [1.807, 2.05) is 6.92 Å². The predicted molar refractivity (Wildman–Crippen MR) is 55.7 cm³/mol. The summed E-state index contributed by atoms with van der Waals surface area (Å²) in [4.78, 5) is 26.6. The number of carbonyl (C=O) groups excluding carboxylic acids is 2. The summed E-state index contributed by atoms with van der Waals surface area (Å²) >= 11 is 0. The molecule has 0 bridgehead atoms. The van der Waals surface area contributed by atoms with Crippen molar-refractivity contribution >= 4 is 11.8 Å². The number of hydroxylamine groups is 1. The maximum Gasteiger partial charge on any atom is 0.248 e. The molecule has 6 nitrogen and oxygen atoms in total. The molecular weight excluding hydrogens is 198 g/mol. The van der Waals surface area contributed by atoms with Gasteiger partial charge in [-0.15, -0.1) is 0 Å². The van der Waals surface area contributed by atoms with Gasteiger partial charge in [-0.1, -0.05) is 13.3 Å². The molecule has 15 heavy (non-hydrogen) atoms. The fourth-order valence-corrected chi connectivity index (χ4v) is 0.820. The zero-order valence-electron chi connectivity index (χ0n) is 9.04. The molecule has 88 valence electrons. The van der Waals surface area contributed by atoms with Crippen LogP contribution in [0.4, 0.5) is 0 Å². The summed E-state index contributed by atoms with van der Waals surface area (Å²) in [6.07, 6.45) is 2.15. The van der Waals surface area contributed by atoms with Gasteiger partial charge in [-0.05, 0) is 6.42 Å². The molecule has 0 rings (SSSR count). The highest BCUT2D eigenvalue weighted by molar-refractivity contribution is 5.78. The molecule has 0 fully saturated rings. The van der Waals surface area contributed by atoms with Crippen LogP contribution in [0.1, 0.15) is 26.2 Å². The zero-order valence-corrected chi connectivity index (χ0v) is 9.04. The second kappa shape index (κ2) is 9.42. The molecule has 0 saturated heterocycles. The number of nitrogens with two attached hydrogens (primary N) is 1. The lowest BCUT2D eigenvalue weighted by molar-refractivity contribution is -0.139. The number of amides is 2. The van der Waals surface area contributed by atoms with Crippen LogP contribution in [0.15, 0.2) is 0 Å². The standard InChI is InChI=1S/C9H19N3O3/c1-2-3-6-11-9(14)7-15-12-8(13)4-5-10/h2-7,10H2,1H3,(H,11,14)(H,12,13). The van der Waals surface area contributed by atoms with Gasteiger partial charge < -0.3 is 11.1 Å². The molecule has 0 aromatic carbocycles. The fraction of sp³-hybridized carbons (Fsp3) is 0.778. The molecule has 0 spiro atoms. The Hall–Kier alpha value is -1.14. The smallest absolute Gasteiger partial charge is 0.248 e. The van der Waals surface area contributed by atoms with Gasteiger partial charge in [0.15, 0.2) is 6.61 Å². The lowest BCUT2D eigenvalue weighted by atomic mass is 10.3. The van der Waals surface area contributed by atoms with E-state index < -0.39 is 0 Å². The van der Waals surface area contributed by atoms with E-state index in [9.17, 15) is 9.59 Å². The first kappa shape index (κ1) is 13.9. The molecule has 0 aliphatic carbocycles. The summed E-state index contributed by atoms with van der Waals surface area (Å²) in [6.45, 7) is 2.77. The van der Waals surface area contributed by atoms with Crippen LogP contribution in [0.5, 0.6) is 0 Å². The molecule has 2 amide bonds. The summed E-state index contributed by atoms with van der Waals surface area (Å²) in [5.41, 5.74) is 7.27. The normalized spacial score (nSPS) is 9.73. The van der Waals surface area contributed by atoms with Crippen LogP contribution in [0.3, 0.4) is 0 Å². The van der Waals surface area contributed by atoms with Gasteiger partial charge in [-0.25, -0.2) is 5.48 Å². The van der Waals surface area contributed by atoms with Crippen molar-refractivity contribution in [3.63, 3.8) is 0 Å². The summed E-state index contributed by atoms with van der Waals surface area (Å²) < 4.78 is 0. The molecule has 0 aliphatic heterocycles. The summed E-state index contributed by atoms with van der Waals surface area (Å²) in [5, 5.41) is 2.65. The topological polar surface area (TPSA) is 93.5 Å². The van der Waals surface area contributed by atoms with Crippen molar-refractivity contribution in [1.82, 2.24) is 10.8 Å². The minimum Gasteiger partial charge on any atom is -0.354 e. The van der Waals surface area contributed by atoms with Crippen LogP contribution in [0, 0.1) is 0 Å². The van der Waals surface area contributed by atoms with Crippen molar-refractivity contribution in [3.05, 3.63) is 0 Å². The fourth-order valence-electron chi connectivity index (χ4n) is 0.820. The van der Waals surface area contributed by atoms with Crippen LogP contribution >= 0.6 is 0 Å². The second-order valence-corrected chi connectivity index (χ2v) is 3.06. The van der Waals surface area contributed by atoms with Crippen molar-refractivity contribution in [2.75, 3.05) is 19.7 Å². The number of carbonyl (C=O) groups is 2. The number of hydrogen-bond donors (Lipinski definition) is 3. The average Bonchev–Trinajstić information content (AvgIpc) is 2.18. The summed E-state index contributed by atoms with van der Waals surface area (Å²) in [5.74, 6) is -0.560. The number of rotatable bonds is 8. The molecule has 0 atom stereocenters. The monoisotopic (exact) mass is 217 g/mol. The van der Waals surface area contributed by atoms with Gasteiger partial charge in [-0.2, -0.15) is 0 Å². The lowest BCUT2D eigenvalue weighted by Crippen LogP contribution is -2.33. The Labute approximate surface area is 89.5 Å². The van der Waals surface area contributed by atoms with E-state index in [-0.39, 0.29) is 31.4 Å². The highest BCUT2D eigenvalue weighted by Crippen LogP contribution is 1.82. The van der Waals surface area contributed by atoms with Gasteiger partial charge in [-0.3, -0.25) is 14.4 Å². The quantitative estimate of drug-likeness (QED) is 0.370. The summed E-state index contributed by atoms with van der Waals surface area (Å²) in [7, 11) is 0. The van der Waals surface area contributed by atoms with E-state index in [0.717, 1.165) is 12.8 Å². The van der Waals surface area contributed by atoms with E-state index in [1.54, 1.807) is 0 Å². The van der Waals surface area contributed by atoms with Crippen LogP contribution in [0.25, 0.3) is 0 Å². The van der Waals surface area contributed by atoms with E-state index >= 15 is 0 Å². The van der Waals surface area contributed by atoms with Crippen LogP contribution in [-0.2, 0) is 14.4 Å². The molecule has 0 radical (unpaired) electrons. The number of hydrogen-bond acceptors (Lipinski definition) is 4. The van der Waals surface area contributed by atoms with Crippen LogP contribution in [0.2, 0.25) is 0 Å². The highest BCUT2D eigenvalue weighted by Gasteiger charge is 2.02. The van der Waals surface area contributed by atoms with E-state index in [2.05, 4.69) is 15.6 Å². The third-order valence-electron chi connectivity index (χ3n) is 1.61. The molecule has 0 aliphatic rings. The SMILES string of the molecule is CCCCNC(=O)CONC(=O)CCN. The Kier molecular flexibility index (Phi) is 8.70. The Morgan fingerprint density at radius 3 is 2.67 bits per heavy atom. The van der Waals surface area contributed by atoms with E-state index in [1.165, 1.54) is 0 Å². The van der Waals surface area contributed by atoms with Crippen LogP contribution < -0.4 is 16.5 Å². The van der Waals surface area contributed by atoms with Crippen molar-refractivity contribution in [2.45, 2.75) is 26.2 Å². The molecule has 0 aromatic rings. The summed E-state index contributed by atoms with van der Waals surface area (Å²) in [6, 6.07) is 0. The van der Waals surface area contributed by atoms with Gasteiger partial charge in [0.25, 0.3) is 0 Å². The first-order valence-electron chi connectivity index (χ1n) is 5.08. The van der Waals surface area contributed by atoms with Gasteiger partial charge in [0, 0.05) is 19.5 Å². The van der Waals surface area contributed by atoms with Crippen molar-refractivity contribution in [3.8, 4) is 0 Å². The van der Waals surface area contributed by atoms with Gasteiger partial charge in [0.1, 0.15) is 0 Å². The first-order valence-corrected chi connectivity index (χ1v) is 5.08. The Morgan fingerprint density at radius 1 is 1.33 bits per heavy atom. The van der Waals surface area contributed by atoms with E-state index in [4.69, 9.17) is 5.73 Å². The molecule has 0 heterocycles. The first-order chi connectivity index (χ1) is 7.20. The van der Waals surface area contributed by atoms with Crippen LogP contribution in [-0.4, -0.2) is 31.5 Å². The van der Waals surface area contributed by atoms with E-state index in [0.29, 0.717) is 6.54 Å². The molecule has 0 saturated carbocycles. The Morgan fingerprint density at radius 2 is 2.07 bits per heavy atom. The van der Waals surface area contributed by atoms with Gasteiger partial charge in [0.2, 0.25) is 11.8 Å². The molecule has 6 heteroatoms. The Bertz CT molecular complexity index is 197. The molecule has 4 N–H and O–H groups in total. The average molecular weight is 217 g/mol. The number of nitrogens with one attached hydrogen (secondary N) is 2. The molecular formula is C9H19N3O3. The minimum atomic E-state index is -0.321. The van der Waals surface area contributed by atoms with Gasteiger partial charge >= 0.3 is 0 Å². The maximum atomic E-state index is 11.0. The molecule has 0 unspecified atom stereocenters. The minimum absolute atomic E-state index is 0.167. The second-order valence-electron chi connectivity index (χ2n) is 3.06.